The Kier molecular flexibility index (Phi) is 4.39. The van der Waals surface area contributed by atoms with E-state index in [0.717, 1.165) is 25.9 Å². The van der Waals surface area contributed by atoms with Gasteiger partial charge in [0.25, 0.3) is 0 Å². The van der Waals surface area contributed by atoms with E-state index in [9.17, 15) is 14.7 Å². The van der Waals surface area contributed by atoms with Crippen molar-refractivity contribution in [1.29, 1.82) is 0 Å². The van der Waals surface area contributed by atoms with Crippen molar-refractivity contribution in [3.8, 4) is 0 Å². The minimum atomic E-state index is -0.899. The Labute approximate surface area is 153 Å². The highest BCUT2D eigenvalue weighted by atomic mass is 16.5. The number of ether oxygens (including phenoxy) is 1. The first-order chi connectivity index (χ1) is 12.5. The molecule has 0 unspecified atom stereocenters. The van der Waals surface area contributed by atoms with Gasteiger partial charge in [-0.25, -0.2) is 0 Å². The van der Waals surface area contributed by atoms with Gasteiger partial charge < -0.3 is 19.6 Å². The second-order valence-corrected chi connectivity index (χ2v) is 7.71. The van der Waals surface area contributed by atoms with Crippen LogP contribution in [-0.4, -0.2) is 60.3 Å². The van der Waals surface area contributed by atoms with Gasteiger partial charge in [-0.15, -0.1) is 0 Å². The largest absolute Gasteiger partial charge is 0.481 e. The van der Waals surface area contributed by atoms with Crippen molar-refractivity contribution >= 4 is 17.6 Å². The molecule has 3 aliphatic heterocycles. The number of aliphatic carboxylic acids is 1. The molecule has 2 bridgehead atoms. The molecular formula is C20H26N2O4. The topological polar surface area (TPSA) is 70.1 Å². The molecule has 3 aliphatic rings. The van der Waals surface area contributed by atoms with Crippen molar-refractivity contribution in [2.45, 2.75) is 38.9 Å². The maximum Gasteiger partial charge on any atom is 0.310 e. The molecule has 0 spiro atoms. The third-order valence-corrected chi connectivity index (χ3v) is 6.35. The zero-order valence-corrected chi connectivity index (χ0v) is 15.4. The van der Waals surface area contributed by atoms with Gasteiger partial charge in [-0.05, 0) is 43.9 Å². The van der Waals surface area contributed by atoms with Crippen LogP contribution in [-0.2, 0) is 14.3 Å². The molecule has 140 valence electrons. The van der Waals surface area contributed by atoms with Crippen molar-refractivity contribution in [3.05, 3.63) is 29.3 Å². The second kappa shape index (κ2) is 6.58. The van der Waals surface area contributed by atoms with Crippen molar-refractivity contribution in [3.63, 3.8) is 0 Å². The zero-order valence-electron chi connectivity index (χ0n) is 15.4. The highest BCUT2D eigenvalue weighted by molar-refractivity contribution is 5.87. The van der Waals surface area contributed by atoms with E-state index >= 15 is 0 Å². The molecule has 0 aromatic heterocycles. The molecule has 0 radical (unpaired) electrons. The molecule has 4 atom stereocenters. The van der Waals surface area contributed by atoms with Crippen LogP contribution in [0.3, 0.4) is 0 Å². The molecule has 1 N–H and O–H groups in total. The Hall–Kier alpha value is -2.08. The Morgan fingerprint density at radius 2 is 1.69 bits per heavy atom. The third kappa shape index (κ3) is 2.76. The lowest BCUT2D eigenvalue weighted by molar-refractivity contribution is -0.151. The fourth-order valence-corrected chi connectivity index (χ4v) is 4.76. The number of rotatable bonds is 3. The van der Waals surface area contributed by atoms with Gasteiger partial charge in [0, 0.05) is 31.9 Å². The zero-order chi connectivity index (χ0) is 18.4. The van der Waals surface area contributed by atoms with Crippen molar-refractivity contribution in [2.24, 2.45) is 11.8 Å². The first-order valence-corrected chi connectivity index (χ1v) is 9.45. The predicted molar refractivity (Wildman–Crippen MR) is 97.2 cm³/mol. The summed E-state index contributed by atoms with van der Waals surface area (Å²) >= 11 is 0. The molecule has 6 nitrogen and oxygen atoms in total. The summed E-state index contributed by atoms with van der Waals surface area (Å²) in [5.74, 6) is -2.13. The van der Waals surface area contributed by atoms with E-state index in [-0.39, 0.29) is 18.1 Å². The van der Waals surface area contributed by atoms with Crippen molar-refractivity contribution in [2.75, 3.05) is 31.1 Å². The number of carbonyl (C=O) groups excluding carboxylic acids is 1. The fourth-order valence-electron chi connectivity index (χ4n) is 4.76. The normalized spacial score (nSPS) is 30.7. The number of hydrogen-bond donors (Lipinski definition) is 1. The SMILES string of the molecule is Cc1cccc(N2CCN(C(=O)[C@H]3[C@@H](C(=O)O)[C@@H]4CC[C@H]3O4)CC2)c1C. The number of piperazine rings is 1. The average molecular weight is 358 g/mol. The van der Waals surface area contributed by atoms with Crippen LogP contribution in [0.2, 0.25) is 0 Å². The van der Waals surface area contributed by atoms with Gasteiger partial charge in [-0.2, -0.15) is 0 Å². The molecule has 3 heterocycles. The Balaban J connectivity index is 1.44. The minimum Gasteiger partial charge on any atom is -0.481 e. The monoisotopic (exact) mass is 358 g/mol. The quantitative estimate of drug-likeness (QED) is 0.893. The van der Waals surface area contributed by atoms with Gasteiger partial charge >= 0.3 is 5.97 Å². The van der Waals surface area contributed by atoms with Crippen molar-refractivity contribution < 1.29 is 19.4 Å². The van der Waals surface area contributed by atoms with Gasteiger partial charge in [-0.1, -0.05) is 12.1 Å². The van der Waals surface area contributed by atoms with E-state index in [2.05, 4.69) is 36.9 Å². The van der Waals surface area contributed by atoms with Crippen LogP contribution in [0.5, 0.6) is 0 Å². The number of carboxylic acid groups (broad SMARTS) is 1. The molecule has 1 aromatic carbocycles. The van der Waals surface area contributed by atoms with Gasteiger partial charge in [0.05, 0.1) is 24.0 Å². The second-order valence-electron chi connectivity index (χ2n) is 7.71. The number of carboxylic acids is 1. The molecule has 6 heteroatoms. The molecular weight excluding hydrogens is 332 g/mol. The molecule has 1 aromatic rings. The molecule has 26 heavy (non-hydrogen) atoms. The van der Waals surface area contributed by atoms with Crippen LogP contribution in [0, 0.1) is 25.7 Å². The summed E-state index contributed by atoms with van der Waals surface area (Å²) in [5.41, 5.74) is 3.77. The summed E-state index contributed by atoms with van der Waals surface area (Å²) in [6.07, 6.45) is 1.05. The van der Waals surface area contributed by atoms with E-state index in [4.69, 9.17) is 4.74 Å². The number of carbonyl (C=O) groups is 2. The van der Waals surface area contributed by atoms with E-state index in [1.54, 1.807) is 0 Å². The first-order valence-electron chi connectivity index (χ1n) is 9.45. The fraction of sp³-hybridized carbons (Fsp3) is 0.600. The number of aryl methyl sites for hydroxylation is 1. The van der Waals surface area contributed by atoms with Crippen LogP contribution >= 0.6 is 0 Å². The van der Waals surface area contributed by atoms with Crippen LogP contribution in [0.4, 0.5) is 5.69 Å². The maximum atomic E-state index is 13.0. The average Bonchev–Trinajstić information content (AvgIpc) is 3.25. The smallest absolute Gasteiger partial charge is 0.310 e. The standard InChI is InChI=1S/C20H26N2O4/c1-12-4-3-5-14(13(12)2)21-8-10-22(11-9-21)19(23)17-15-6-7-16(26-15)18(17)20(24)25/h3-5,15-18H,6-11H2,1-2H3,(H,24,25)/t15-,16+,17-,18+/m1/s1. The van der Waals surface area contributed by atoms with E-state index in [1.807, 2.05) is 4.90 Å². The molecule has 1 amide bonds. The predicted octanol–water partition coefficient (Wildman–Crippen LogP) is 1.83. The molecule has 0 aliphatic carbocycles. The van der Waals surface area contributed by atoms with Crippen LogP contribution in [0.15, 0.2) is 18.2 Å². The summed E-state index contributed by atoms with van der Waals surface area (Å²) in [5, 5.41) is 9.54. The summed E-state index contributed by atoms with van der Waals surface area (Å²) in [6.45, 7) is 7.05. The Morgan fingerprint density at radius 1 is 1.04 bits per heavy atom. The number of amides is 1. The summed E-state index contributed by atoms with van der Waals surface area (Å²) in [7, 11) is 0. The molecule has 0 saturated carbocycles. The number of fused-ring (bicyclic) bond motifs is 2. The molecule has 3 fully saturated rings. The van der Waals surface area contributed by atoms with Crippen molar-refractivity contribution in [1.82, 2.24) is 4.90 Å². The molecule has 3 saturated heterocycles. The summed E-state index contributed by atoms with van der Waals surface area (Å²) in [4.78, 5) is 28.8. The van der Waals surface area contributed by atoms with E-state index < -0.39 is 17.8 Å². The number of anilines is 1. The number of nitrogens with zero attached hydrogens (tertiary/aromatic N) is 2. The van der Waals surface area contributed by atoms with E-state index in [0.29, 0.717) is 13.1 Å². The molecule has 4 rings (SSSR count). The summed E-state index contributed by atoms with van der Waals surface area (Å²) < 4.78 is 5.75. The maximum absolute atomic E-state index is 13.0. The van der Waals surface area contributed by atoms with Gasteiger partial charge in [-0.3, -0.25) is 9.59 Å². The van der Waals surface area contributed by atoms with Crippen LogP contribution in [0.1, 0.15) is 24.0 Å². The minimum absolute atomic E-state index is 0.0368. The summed E-state index contributed by atoms with van der Waals surface area (Å²) in [6, 6.07) is 6.31. The lowest BCUT2D eigenvalue weighted by Crippen LogP contribution is -2.53. The lowest BCUT2D eigenvalue weighted by atomic mass is 9.78. The Morgan fingerprint density at radius 3 is 2.35 bits per heavy atom. The third-order valence-electron chi connectivity index (χ3n) is 6.35. The highest BCUT2D eigenvalue weighted by Crippen LogP contribution is 2.44. The highest BCUT2D eigenvalue weighted by Gasteiger charge is 2.56. The van der Waals surface area contributed by atoms with Crippen LogP contribution < -0.4 is 4.90 Å². The number of hydrogen-bond acceptors (Lipinski definition) is 4. The number of benzene rings is 1. The van der Waals surface area contributed by atoms with E-state index in [1.165, 1.54) is 16.8 Å². The van der Waals surface area contributed by atoms with Gasteiger partial charge in [0.2, 0.25) is 5.91 Å². The first kappa shape index (κ1) is 17.3. The Bertz CT molecular complexity index is 727. The van der Waals surface area contributed by atoms with Gasteiger partial charge in [0.15, 0.2) is 0 Å². The van der Waals surface area contributed by atoms with Gasteiger partial charge in [0.1, 0.15) is 0 Å². The van der Waals surface area contributed by atoms with Crippen LogP contribution in [0.25, 0.3) is 0 Å². The lowest BCUT2D eigenvalue weighted by Gasteiger charge is -2.39.